The fourth-order valence-corrected chi connectivity index (χ4v) is 6.05. The smallest absolute Gasteiger partial charge is 0.228 e. The molecule has 0 saturated heterocycles. The highest BCUT2D eigenvalue weighted by molar-refractivity contribution is 5.84. The van der Waals surface area contributed by atoms with Crippen LogP contribution in [0.25, 0.3) is 0 Å². The van der Waals surface area contributed by atoms with Gasteiger partial charge in [0.1, 0.15) is 0 Å². The first-order valence-electron chi connectivity index (χ1n) is 8.51. The lowest BCUT2D eigenvalue weighted by atomic mass is 9.51. The average molecular weight is 293 g/mol. The number of methoxy groups -OCH3 is 1. The van der Waals surface area contributed by atoms with Crippen molar-refractivity contribution in [3.8, 4) is 0 Å². The number of nitrogens with one attached hydrogen (secondary N) is 1. The third-order valence-corrected chi connectivity index (χ3v) is 6.62. The quantitative estimate of drug-likeness (QED) is 0.833. The van der Waals surface area contributed by atoms with E-state index in [1.54, 1.807) is 7.11 Å². The summed E-state index contributed by atoms with van der Waals surface area (Å²) in [7, 11) is 1.68. The van der Waals surface area contributed by atoms with Gasteiger partial charge in [-0.15, -0.1) is 0 Å². The van der Waals surface area contributed by atoms with Crippen molar-refractivity contribution in [2.45, 2.75) is 68.9 Å². The Bertz CT molecular complexity index is 443. The van der Waals surface area contributed by atoms with E-state index in [0.29, 0.717) is 18.4 Å². The van der Waals surface area contributed by atoms with Crippen LogP contribution < -0.4 is 5.32 Å². The molecule has 5 aliphatic carbocycles. The van der Waals surface area contributed by atoms with Crippen LogP contribution >= 0.6 is 0 Å². The summed E-state index contributed by atoms with van der Waals surface area (Å²) in [5.41, 5.74) is -0.932. The predicted molar refractivity (Wildman–Crippen MR) is 78.7 cm³/mol. The number of hydrogen-bond acceptors (Lipinski definition) is 3. The Morgan fingerprint density at radius 2 is 1.90 bits per heavy atom. The number of rotatable bonds is 4. The van der Waals surface area contributed by atoms with Gasteiger partial charge in [0.15, 0.2) is 0 Å². The van der Waals surface area contributed by atoms with E-state index in [2.05, 4.69) is 5.32 Å². The monoisotopic (exact) mass is 293 g/mol. The van der Waals surface area contributed by atoms with Gasteiger partial charge >= 0.3 is 0 Å². The number of hydrogen-bond donors (Lipinski definition) is 2. The number of ether oxygens (including phenoxy) is 1. The summed E-state index contributed by atoms with van der Waals surface area (Å²) in [6.45, 7) is 0.534. The molecule has 5 rings (SSSR count). The summed E-state index contributed by atoms with van der Waals surface area (Å²) in [6, 6.07) is 0. The van der Waals surface area contributed by atoms with E-state index in [-0.39, 0.29) is 16.9 Å². The molecule has 4 nitrogen and oxygen atoms in total. The van der Waals surface area contributed by atoms with Crippen molar-refractivity contribution in [1.82, 2.24) is 5.32 Å². The fourth-order valence-electron chi connectivity index (χ4n) is 6.05. The Kier molecular flexibility index (Phi) is 2.97. The lowest BCUT2D eigenvalue weighted by molar-refractivity contribution is -0.161. The Morgan fingerprint density at radius 1 is 1.24 bits per heavy atom. The van der Waals surface area contributed by atoms with E-state index in [1.807, 2.05) is 0 Å². The minimum Gasteiger partial charge on any atom is -0.390 e. The molecular formula is C17H27NO3. The predicted octanol–water partition coefficient (Wildman–Crippen LogP) is 2.00. The summed E-state index contributed by atoms with van der Waals surface area (Å²) in [5, 5.41) is 14.2. The molecule has 2 atom stereocenters. The van der Waals surface area contributed by atoms with Crippen LogP contribution in [0.15, 0.2) is 0 Å². The SMILES string of the molecule is COCC1(C(=O)NC23C[C@@H]4C[C@H](CC(O)(C4)C2)C3)CCC1. The van der Waals surface area contributed by atoms with Crippen molar-refractivity contribution >= 4 is 5.91 Å². The molecule has 5 saturated carbocycles. The molecule has 21 heavy (non-hydrogen) atoms. The van der Waals surface area contributed by atoms with Gasteiger partial charge in [-0.05, 0) is 63.2 Å². The van der Waals surface area contributed by atoms with Gasteiger partial charge in [0.2, 0.25) is 5.91 Å². The van der Waals surface area contributed by atoms with Crippen LogP contribution in [0.1, 0.15) is 57.8 Å². The Balaban J connectivity index is 1.53. The molecule has 0 aromatic carbocycles. The van der Waals surface area contributed by atoms with Gasteiger partial charge in [-0.3, -0.25) is 4.79 Å². The number of amides is 1. The topological polar surface area (TPSA) is 58.6 Å². The van der Waals surface area contributed by atoms with Crippen molar-refractivity contribution < 1.29 is 14.6 Å². The van der Waals surface area contributed by atoms with E-state index < -0.39 is 5.60 Å². The number of carbonyl (C=O) groups excluding carboxylic acids is 1. The third kappa shape index (κ3) is 2.14. The van der Waals surface area contributed by atoms with Gasteiger partial charge in [0.05, 0.1) is 17.6 Å². The van der Waals surface area contributed by atoms with Gasteiger partial charge in [0, 0.05) is 12.6 Å². The van der Waals surface area contributed by atoms with Crippen LogP contribution in [-0.4, -0.2) is 35.9 Å². The highest BCUT2D eigenvalue weighted by atomic mass is 16.5. The van der Waals surface area contributed by atoms with E-state index in [1.165, 1.54) is 6.42 Å². The summed E-state index contributed by atoms with van der Waals surface area (Å²) >= 11 is 0. The fraction of sp³-hybridized carbons (Fsp3) is 0.941. The molecule has 0 spiro atoms. The summed E-state index contributed by atoms with van der Waals surface area (Å²) in [5.74, 6) is 1.40. The molecule has 4 heteroatoms. The second-order valence-electron chi connectivity index (χ2n) is 8.49. The van der Waals surface area contributed by atoms with Crippen molar-refractivity contribution in [1.29, 1.82) is 0 Å². The van der Waals surface area contributed by atoms with Crippen molar-refractivity contribution in [3.05, 3.63) is 0 Å². The summed E-state index contributed by atoms with van der Waals surface area (Å²) in [6.07, 6.45) is 9.07. The molecular weight excluding hydrogens is 266 g/mol. The molecule has 5 aliphatic rings. The normalized spacial score (nSPS) is 46.2. The first kappa shape index (κ1) is 14.0. The second kappa shape index (κ2) is 4.45. The van der Waals surface area contributed by atoms with Crippen LogP contribution in [0, 0.1) is 17.3 Å². The number of carbonyl (C=O) groups is 1. The maximum absolute atomic E-state index is 12.9. The Labute approximate surface area is 126 Å². The van der Waals surface area contributed by atoms with Crippen LogP contribution in [0.4, 0.5) is 0 Å². The first-order valence-corrected chi connectivity index (χ1v) is 8.51. The Morgan fingerprint density at radius 3 is 2.38 bits per heavy atom. The summed E-state index contributed by atoms with van der Waals surface area (Å²) < 4.78 is 5.30. The van der Waals surface area contributed by atoms with Crippen molar-refractivity contribution in [2.24, 2.45) is 17.3 Å². The molecule has 2 N–H and O–H groups in total. The Hall–Kier alpha value is -0.610. The zero-order chi connectivity index (χ0) is 14.7. The minimum atomic E-state index is -0.509. The van der Waals surface area contributed by atoms with Gasteiger partial charge in [-0.25, -0.2) is 0 Å². The molecule has 0 radical (unpaired) electrons. The minimum absolute atomic E-state index is 0.133. The molecule has 5 fully saturated rings. The largest absolute Gasteiger partial charge is 0.390 e. The maximum Gasteiger partial charge on any atom is 0.228 e. The lowest BCUT2D eigenvalue weighted by Gasteiger charge is -2.61. The van der Waals surface area contributed by atoms with E-state index in [4.69, 9.17) is 4.74 Å². The average Bonchev–Trinajstić information content (AvgIpc) is 2.29. The van der Waals surface area contributed by atoms with Crippen molar-refractivity contribution in [3.63, 3.8) is 0 Å². The van der Waals surface area contributed by atoms with E-state index in [9.17, 15) is 9.90 Å². The second-order valence-corrected chi connectivity index (χ2v) is 8.49. The van der Waals surface area contributed by atoms with E-state index in [0.717, 1.165) is 51.4 Å². The molecule has 0 unspecified atom stereocenters. The van der Waals surface area contributed by atoms with Gasteiger partial charge in [-0.2, -0.15) is 0 Å². The van der Waals surface area contributed by atoms with Crippen LogP contribution in [-0.2, 0) is 9.53 Å². The molecule has 0 aromatic heterocycles. The molecule has 0 heterocycles. The van der Waals surface area contributed by atoms with Crippen LogP contribution in [0.2, 0.25) is 0 Å². The molecule has 0 aliphatic heterocycles. The molecule has 1 amide bonds. The molecule has 0 aromatic rings. The first-order chi connectivity index (χ1) is 9.97. The van der Waals surface area contributed by atoms with Gasteiger partial charge in [0.25, 0.3) is 0 Å². The lowest BCUT2D eigenvalue weighted by Crippen LogP contribution is -2.67. The number of aliphatic hydroxyl groups is 1. The standard InChI is InChI=1S/C17H27NO3/c1-21-11-15(3-2-4-15)14(19)18-16-6-12-5-13(7-16)9-17(20,8-12)10-16/h12-13,20H,2-11H2,1H3,(H,18,19)/t12-,13-,16?,17?/m0/s1. The highest BCUT2D eigenvalue weighted by Gasteiger charge is 2.59. The van der Waals surface area contributed by atoms with Crippen LogP contribution in [0.5, 0.6) is 0 Å². The van der Waals surface area contributed by atoms with Gasteiger partial charge in [-0.1, -0.05) is 6.42 Å². The highest BCUT2D eigenvalue weighted by Crippen LogP contribution is 2.58. The van der Waals surface area contributed by atoms with Crippen molar-refractivity contribution in [2.75, 3.05) is 13.7 Å². The van der Waals surface area contributed by atoms with Gasteiger partial charge < -0.3 is 15.2 Å². The zero-order valence-corrected chi connectivity index (χ0v) is 13.0. The summed E-state index contributed by atoms with van der Waals surface area (Å²) in [4.78, 5) is 12.9. The van der Waals surface area contributed by atoms with Crippen LogP contribution in [0.3, 0.4) is 0 Å². The molecule has 118 valence electrons. The maximum atomic E-state index is 12.9. The van der Waals surface area contributed by atoms with E-state index >= 15 is 0 Å². The molecule has 4 bridgehead atoms. The third-order valence-electron chi connectivity index (χ3n) is 6.62. The zero-order valence-electron chi connectivity index (χ0n) is 13.0.